The van der Waals surface area contributed by atoms with Gasteiger partial charge >= 0.3 is 0 Å². The molecule has 2 aromatic heterocycles. The Bertz CT molecular complexity index is 1440. The maximum Gasteiger partial charge on any atom is 0.291 e. The van der Waals surface area contributed by atoms with E-state index >= 15 is 0 Å². The number of aromatic amines is 1. The summed E-state index contributed by atoms with van der Waals surface area (Å²) < 4.78 is 28.6. The van der Waals surface area contributed by atoms with Crippen LogP contribution in [0.25, 0.3) is 33.5 Å². The normalized spacial score (nSPS) is 15.3. The van der Waals surface area contributed by atoms with E-state index in [4.69, 9.17) is 11.6 Å². The summed E-state index contributed by atoms with van der Waals surface area (Å²) in [4.78, 5) is 14.5. The van der Waals surface area contributed by atoms with Gasteiger partial charge in [-0.15, -0.1) is 0 Å². The van der Waals surface area contributed by atoms with Crippen molar-refractivity contribution in [1.82, 2.24) is 15.0 Å². The molecule has 3 heterocycles. The summed E-state index contributed by atoms with van der Waals surface area (Å²) in [6.07, 6.45) is 5.00. The van der Waals surface area contributed by atoms with Gasteiger partial charge < -0.3 is 20.1 Å². The molecular formula is C29H29ClF2N4O2. The van der Waals surface area contributed by atoms with Crippen molar-refractivity contribution in [2.24, 2.45) is 5.92 Å². The fraction of sp³-hybridized carbons (Fsp3) is 0.310. The second kappa shape index (κ2) is 10.8. The lowest BCUT2D eigenvalue weighted by molar-refractivity contribution is -0.0577. The molecule has 0 spiro atoms. The van der Waals surface area contributed by atoms with Gasteiger partial charge in [-0.25, -0.2) is 9.97 Å². The minimum atomic E-state index is -3.06. The number of aromatic nitrogens is 3. The van der Waals surface area contributed by atoms with Gasteiger partial charge in [0.2, 0.25) is 0 Å². The Labute approximate surface area is 224 Å². The number of piperidine rings is 1. The van der Waals surface area contributed by atoms with Gasteiger partial charge in [-0.2, -0.15) is 8.78 Å². The molecule has 0 aliphatic carbocycles. The van der Waals surface area contributed by atoms with Gasteiger partial charge in [0.15, 0.2) is 6.29 Å². The Morgan fingerprint density at radius 3 is 2.53 bits per heavy atom. The molecule has 1 aliphatic heterocycles. The van der Waals surface area contributed by atoms with E-state index in [0.717, 1.165) is 49.0 Å². The molecule has 0 bridgehead atoms. The second-order valence-electron chi connectivity index (χ2n) is 9.69. The number of imidazole rings is 1. The number of pyridine rings is 1. The monoisotopic (exact) mass is 538 g/mol. The Hall–Kier alpha value is -3.33. The van der Waals surface area contributed by atoms with Crippen molar-refractivity contribution in [3.63, 3.8) is 0 Å². The molecule has 0 radical (unpaired) electrons. The first-order valence-corrected chi connectivity index (χ1v) is 13.0. The second-order valence-corrected chi connectivity index (χ2v) is 10.1. The van der Waals surface area contributed by atoms with Crippen LogP contribution in [-0.2, 0) is 5.92 Å². The highest BCUT2D eigenvalue weighted by Gasteiger charge is 2.28. The Morgan fingerprint density at radius 2 is 1.87 bits per heavy atom. The average molecular weight is 539 g/mol. The Kier molecular flexibility index (Phi) is 7.47. The smallest absolute Gasteiger partial charge is 0.291 e. The number of nitrogens with zero attached hydrogens (tertiary/aromatic N) is 3. The minimum absolute atomic E-state index is 0.107. The standard InChI is InChI=1S/C29H29ClF2N4O2/c1-2-11-29(31,32)21-5-7-24-25(16-21)35-28(34-24)22-6-3-19(15-23(22)30)20-4-8-26(33-17-20)36-12-9-18(10-13-36)14-27(37)38/h2-8,11,15-18,27,37-38H,9-10,12-14H2,1H3,(H,34,35). The topological polar surface area (TPSA) is 85.3 Å². The Balaban J connectivity index is 1.32. The third-order valence-electron chi connectivity index (χ3n) is 7.03. The van der Waals surface area contributed by atoms with Crippen molar-refractivity contribution in [3.8, 4) is 22.5 Å². The van der Waals surface area contributed by atoms with Gasteiger partial charge in [0.1, 0.15) is 11.6 Å². The number of alkyl halides is 2. The highest BCUT2D eigenvalue weighted by atomic mass is 35.5. The number of hydrogen-bond acceptors (Lipinski definition) is 5. The fourth-order valence-electron chi connectivity index (χ4n) is 4.98. The zero-order valence-electron chi connectivity index (χ0n) is 20.9. The van der Waals surface area contributed by atoms with Gasteiger partial charge in [0, 0.05) is 42.4 Å². The van der Waals surface area contributed by atoms with E-state index in [1.54, 1.807) is 13.0 Å². The Morgan fingerprint density at radius 1 is 1.11 bits per heavy atom. The summed E-state index contributed by atoms with van der Waals surface area (Å²) in [6.45, 7) is 3.22. The molecule has 2 aromatic carbocycles. The number of aliphatic hydroxyl groups is 2. The highest BCUT2D eigenvalue weighted by molar-refractivity contribution is 6.33. The van der Waals surface area contributed by atoms with Crippen LogP contribution < -0.4 is 4.90 Å². The van der Waals surface area contributed by atoms with E-state index in [2.05, 4.69) is 19.9 Å². The first-order chi connectivity index (χ1) is 18.2. The van der Waals surface area contributed by atoms with E-state index in [-0.39, 0.29) is 5.56 Å². The van der Waals surface area contributed by atoms with Crippen molar-refractivity contribution in [2.45, 2.75) is 38.4 Å². The molecule has 0 saturated carbocycles. The number of anilines is 1. The predicted molar refractivity (Wildman–Crippen MR) is 146 cm³/mol. The zero-order valence-corrected chi connectivity index (χ0v) is 21.7. The number of halogens is 3. The summed E-state index contributed by atoms with van der Waals surface area (Å²) >= 11 is 6.64. The van der Waals surface area contributed by atoms with Crippen molar-refractivity contribution in [1.29, 1.82) is 0 Å². The SMILES string of the molecule is CC=CC(F)(F)c1ccc2nc(-c3ccc(-c4ccc(N5CCC(CC(O)O)CC5)nc4)cc3Cl)[nH]c2c1. The van der Waals surface area contributed by atoms with Gasteiger partial charge in [-0.05, 0) is 73.7 Å². The number of allylic oxidation sites excluding steroid dienone is 2. The fourth-order valence-corrected chi connectivity index (χ4v) is 5.25. The average Bonchev–Trinajstić information content (AvgIpc) is 3.32. The molecule has 1 saturated heterocycles. The molecule has 38 heavy (non-hydrogen) atoms. The molecule has 3 N–H and O–H groups in total. The highest BCUT2D eigenvalue weighted by Crippen LogP contribution is 2.35. The summed E-state index contributed by atoms with van der Waals surface area (Å²) in [5, 5.41) is 18.9. The molecule has 0 atom stereocenters. The summed E-state index contributed by atoms with van der Waals surface area (Å²) in [5.41, 5.74) is 3.48. The van der Waals surface area contributed by atoms with Crippen molar-refractivity contribution in [3.05, 3.63) is 77.5 Å². The van der Waals surface area contributed by atoms with Crippen LogP contribution in [0.3, 0.4) is 0 Å². The van der Waals surface area contributed by atoms with Crippen LogP contribution in [0.1, 0.15) is 31.7 Å². The van der Waals surface area contributed by atoms with Crippen LogP contribution in [0.4, 0.5) is 14.6 Å². The number of fused-ring (bicyclic) bond motifs is 1. The molecule has 4 aromatic rings. The predicted octanol–water partition coefficient (Wildman–Crippen LogP) is 6.53. The largest absolute Gasteiger partial charge is 0.368 e. The van der Waals surface area contributed by atoms with Gasteiger partial charge in [0.25, 0.3) is 5.92 Å². The van der Waals surface area contributed by atoms with E-state index in [1.165, 1.54) is 18.2 Å². The van der Waals surface area contributed by atoms with Crippen LogP contribution in [0.2, 0.25) is 5.02 Å². The molecule has 1 aliphatic rings. The van der Waals surface area contributed by atoms with E-state index < -0.39 is 12.2 Å². The lowest BCUT2D eigenvalue weighted by Crippen LogP contribution is -2.35. The quantitative estimate of drug-likeness (QED) is 0.184. The van der Waals surface area contributed by atoms with Gasteiger partial charge in [-0.3, -0.25) is 0 Å². The first-order valence-electron chi connectivity index (χ1n) is 12.6. The number of nitrogens with one attached hydrogen (secondary N) is 1. The maximum absolute atomic E-state index is 14.3. The van der Waals surface area contributed by atoms with Crippen LogP contribution in [0, 0.1) is 5.92 Å². The number of aliphatic hydroxyl groups excluding tert-OH is 1. The molecule has 198 valence electrons. The van der Waals surface area contributed by atoms with Gasteiger partial charge in [-0.1, -0.05) is 29.8 Å². The molecule has 6 nitrogen and oxygen atoms in total. The molecule has 0 amide bonds. The molecule has 1 fully saturated rings. The van der Waals surface area contributed by atoms with Crippen LogP contribution >= 0.6 is 11.6 Å². The van der Waals surface area contributed by atoms with E-state index in [1.807, 2.05) is 36.5 Å². The zero-order chi connectivity index (χ0) is 26.9. The molecule has 0 unspecified atom stereocenters. The third-order valence-corrected chi connectivity index (χ3v) is 7.34. The van der Waals surface area contributed by atoms with Crippen molar-refractivity contribution < 1.29 is 19.0 Å². The summed E-state index contributed by atoms with van der Waals surface area (Å²) in [5.74, 6) is -1.34. The number of H-pyrrole nitrogens is 1. The van der Waals surface area contributed by atoms with Crippen molar-refractivity contribution >= 4 is 28.5 Å². The molecular weight excluding hydrogens is 510 g/mol. The number of hydrogen-bond donors (Lipinski definition) is 3. The lowest BCUT2D eigenvalue weighted by atomic mass is 9.93. The minimum Gasteiger partial charge on any atom is -0.368 e. The first kappa shape index (κ1) is 26.3. The third kappa shape index (κ3) is 5.57. The van der Waals surface area contributed by atoms with Crippen LogP contribution in [0.5, 0.6) is 0 Å². The molecule has 9 heteroatoms. The summed E-state index contributed by atoms with van der Waals surface area (Å²) in [7, 11) is 0. The van der Waals surface area contributed by atoms with Crippen LogP contribution in [-0.4, -0.2) is 44.5 Å². The van der Waals surface area contributed by atoms with Crippen molar-refractivity contribution in [2.75, 3.05) is 18.0 Å². The molecule has 5 rings (SSSR count). The maximum atomic E-state index is 14.3. The van der Waals surface area contributed by atoms with Crippen LogP contribution in [0.15, 0.2) is 66.9 Å². The van der Waals surface area contributed by atoms with Gasteiger partial charge in [0.05, 0.1) is 16.1 Å². The number of benzene rings is 2. The lowest BCUT2D eigenvalue weighted by Gasteiger charge is -2.33. The van der Waals surface area contributed by atoms with E-state index in [0.29, 0.717) is 39.8 Å². The number of rotatable bonds is 7. The van der Waals surface area contributed by atoms with E-state index in [9.17, 15) is 19.0 Å². The summed E-state index contributed by atoms with van der Waals surface area (Å²) in [6, 6.07) is 14.0.